The van der Waals surface area contributed by atoms with Crippen LogP contribution in [0.3, 0.4) is 0 Å². The summed E-state index contributed by atoms with van der Waals surface area (Å²) in [5.74, 6) is 0.394. The van der Waals surface area contributed by atoms with Gasteiger partial charge in [-0.2, -0.15) is 0 Å². The summed E-state index contributed by atoms with van der Waals surface area (Å²) in [6, 6.07) is 9.09. The zero-order chi connectivity index (χ0) is 17.0. The van der Waals surface area contributed by atoms with Crippen LogP contribution in [0.15, 0.2) is 70.9 Å². The third kappa shape index (κ3) is 1.40. The van der Waals surface area contributed by atoms with Crippen LogP contribution in [-0.4, -0.2) is 5.78 Å². The molecule has 0 fully saturated rings. The Hall–Kier alpha value is -2.67. The highest BCUT2D eigenvalue weighted by molar-refractivity contribution is 6.10. The molecule has 1 heteroatoms. The van der Waals surface area contributed by atoms with Crippen molar-refractivity contribution in [1.82, 2.24) is 0 Å². The largest absolute Gasteiger partial charge is 0.298 e. The fourth-order valence-electron chi connectivity index (χ4n) is 6.16. The predicted molar refractivity (Wildman–Crippen MR) is 103 cm³/mol. The Balaban J connectivity index is 1.64. The van der Waals surface area contributed by atoms with Gasteiger partial charge in [-0.05, 0) is 81.0 Å². The van der Waals surface area contributed by atoms with E-state index >= 15 is 0 Å². The molecule has 0 aliphatic heterocycles. The maximum atomic E-state index is 13.9. The number of benzene rings is 2. The maximum absolute atomic E-state index is 13.9. The van der Waals surface area contributed by atoms with E-state index in [1.54, 1.807) is 0 Å². The smallest absolute Gasteiger partial charge is 0.155 e. The molecule has 2 unspecified atom stereocenters. The SMILES string of the molecule is O=C1C2C3=C(C=CC3)Cc3ccc4ccc5c(c4c32)C1C1=C(C=CC1)C5. The minimum atomic E-state index is -0.0207. The molecule has 0 amide bonds. The van der Waals surface area contributed by atoms with E-state index in [-0.39, 0.29) is 11.8 Å². The summed E-state index contributed by atoms with van der Waals surface area (Å²) in [7, 11) is 0. The van der Waals surface area contributed by atoms with E-state index < -0.39 is 0 Å². The van der Waals surface area contributed by atoms with Crippen molar-refractivity contribution in [3.8, 4) is 0 Å². The molecule has 1 nitrogen and oxygen atoms in total. The predicted octanol–water partition coefficient (Wildman–Crippen LogP) is 5.21. The van der Waals surface area contributed by atoms with Crippen LogP contribution < -0.4 is 0 Å². The van der Waals surface area contributed by atoms with Gasteiger partial charge in [0, 0.05) is 0 Å². The van der Waals surface area contributed by atoms with Gasteiger partial charge in [-0.25, -0.2) is 0 Å². The lowest BCUT2D eigenvalue weighted by atomic mass is 9.62. The molecule has 0 bridgehead atoms. The van der Waals surface area contributed by atoms with Gasteiger partial charge in [-0.15, -0.1) is 0 Å². The highest BCUT2D eigenvalue weighted by atomic mass is 16.1. The number of fused-ring (bicyclic) bond motifs is 2. The molecule has 0 saturated heterocycles. The van der Waals surface area contributed by atoms with Gasteiger partial charge in [0.15, 0.2) is 5.78 Å². The molecule has 0 heterocycles. The number of hydrogen-bond donors (Lipinski definition) is 0. The summed E-state index contributed by atoms with van der Waals surface area (Å²) < 4.78 is 0. The lowest BCUT2D eigenvalue weighted by molar-refractivity contribution is -0.120. The second kappa shape index (κ2) is 4.35. The molecule has 2 aromatic carbocycles. The first kappa shape index (κ1) is 13.5. The van der Waals surface area contributed by atoms with Crippen molar-refractivity contribution >= 4 is 16.6 Å². The Bertz CT molecular complexity index is 1110. The summed E-state index contributed by atoms with van der Waals surface area (Å²) in [5.41, 5.74) is 11.0. The first-order chi connectivity index (χ1) is 12.8. The Kier molecular flexibility index (Phi) is 2.26. The Labute approximate surface area is 152 Å². The van der Waals surface area contributed by atoms with Crippen LogP contribution in [0.1, 0.15) is 46.9 Å². The standard InChI is InChI=1S/C25H18O/c26-25-23-18-5-1-3-14(18)11-16-9-7-13-8-10-17-12-15-4-2-6-19(15)24(25)22(17)20(13)21(16)23/h1-4,7-10,23-24H,5-6,11-12H2. The molecule has 0 aromatic heterocycles. The van der Waals surface area contributed by atoms with Gasteiger partial charge in [-0.1, -0.05) is 48.6 Å². The topological polar surface area (TPSA) is 17.1 Å². The number of rotatable bonds is 0. The number of carbonyl (C=O) groups excluding carboxylic acids is 1. The van der Waals surface area contributed by atoms with E-state index in [1.807, 2.05) is 0 Å². The molecule has 5 aliphatic carbocycles. The molecule has 0 spiro atoms. The van der Waals surface area contributed by atoms with Crippen molar-refractivity contribution in [3.63, 3.8) is 0 Å². The molecule has 124 valence electrons. The van der Waals surface area contributed by atoms with Gasteiger partial charge < -0.3 is 0 Å². The fraction of sp³-hybridized carbons (Fsp3) is 0.240. The van der Waals surface area contributed by atoms with Crippen molar-refractivity contribution in [2.24, 2.45) is 0 Å². The van der Waals surface area contributed by atoms with Crippen molar-refractivity contribution in [2.75, 3.05) is 0 Å². The van der Waals surface area contributed by atoms with Crippen molar-refractivity contribution < 1.29 is 4.79 Å². The third-order valence-electron chi connectivity index (χ3n) is 7.19. The van der Waals surface area contributed by atoms with Crippen LogP contribution in [0.4, 0.5) is 0 Å². The lowest BCUT2D eigenvalue weighted by Crippen LogP contribution is -2.33. The summed E-state index contributed by atoms with van der Waals surface area (Å²) in [5, 5.41) is 2.72. The normalized spacial score (nSPS) is 26.8. The van der Waals surface area contributed by atoms with Crippen LogP contribution in [0.5, 0.6) is 0 Å². The number of Topliss-reactive ketones (excluding diaryl/α,β-unsaturated/α-hetero) is 1. The third-order valence-corrected chi connectivity index (χ3v) is 7.19. The number of hydrogen-bond acceptors (Lipinski definition) is 1. The van der Waals surface area contributed by atoms with Crippen molar-refractivity contribution in [1.29, 1.82) is 0 Å². The van der Waals surface area contributed by atoms with Crippen LogP contribution in [-0.2, 0) is 17.6 Å². The van der Waals surface area contributed by atoms with E-state index in [0.29, 0.717) is 5.78 Å². The molecule has 26 heavy (non-hydrogen) atoms. The minimum Gasteiger partial charge on any atom is -0.298 e. The maximum Gasteiger partial charge on any atom is 0.155 e. The van der Waals surface area contributed by atoms with E-state index in [9.17, 15) is 4.79 Å². The average molecular weight is 334 g/mol. The zero-order valence-electron chi connectivity index (χ0n) is 14.5. The average Bonchev–Trinajstić information content (AvgIpc) is 3.31. The summed E-state index contributed by atoms with van der Waals surface area (Å²) in [6.07, 6.45) is 12.9. The molecule has 0 N–H and O–H groups in total. The van der Waals surface area contributed by atoms with Crippen LogP contribution in [0.25, 0.3) is 10.8 Å². The monoisotopic (exact) mass is 334 g/mol. The van der Waals surface area contributed by atoms with Crippen LogP contribution >= 0.6 is 0 Å². The first-order valence-electron chi connectivity index (χ1n) is 9.69. The highest BCUT2D eigenvalue weighted by Crippen LogP contribution is 2.56. The van der Waals surface area contributed by atoms with Gasteiger partial charge in [0.05, 0.1) is 11.8 Å². The molecular weight excluding hydrogens is 316 g/mol. The zero-order valence-corrected chi connectivity index (χ0v) is 14.5. The molecule has 2 aromatic rings. The van der Waals surface area contributed by atoms with Gasteiger partial charge in [-0.3, -0.25) is 4.79 Å². The Morgan fingerprint density at radius 1 is 0.731 bits per heavy atom. The second-order valence-electron chi connectivity index (χ2n) is 8.31. The van der Waals surface area contributed by atoms with Gasteiger partial charge in [0.25, 0.3) is 0 Å². The number of ketones is 1. The summed E-state index contributed by atoms with van der Waals surface area (Å²) in [4.78, 5) is 13.9. The minimum absolute atomic E-state index is 0.0207. The fourth-order valence-corrected chi connectivity index (χ4v) is 6.16. The van der Waals surface area contributed by atoms with Crippen LogP contribution in [0.2, 0.25) is 0 Å². The molecule has 5 aliphatic rings. The Morgan fingerprint density at radius 2 is 1.27 bits per heavy atom. The van der Waals surface area contributed by atoms with Gasteiger partial charge >= 0.3 is 0 Å². The van der Waals surface area contributed by atoms with Crippen molar-refractivity contribution in [3.05, 3.63) is 93.1 Å². The van der Waals surface area contributed by atoms with E-state index in [2.05, 4.69) is 48.6 Å². The summed E-state index contributed by atoms with van der Waals surface area (Å²) >= 11 is 0. The van der Waals surface area contributed by atoms with E-state index in [0.717, 1.165) is 25.7 Å². The molecule has 2 atom stereocenters. The molecule has 7 rings (SSSR count). The van der Waals surface area contributed by atoms with E-state index in [1.165, 1.54) is 55.3 Å². The number of allylic oxidation sites excluding steroid dienone is 8. The second-order valence-corrected chi connectivity index (χ2v) is 8.31. The van der Waals surface area contributed by atoms with Crippen molar-refractivity contribution in [2.45, 2.75) is 37.5 Å². The highest BCUT2D eigenvalue weighted by Gasteiger charge is 2.46. The van der Waals surface area contributed by atoms with Crippen LogP contribution in [0, 0.1) is 0 Å². The Morgan fingerprint density at radius 3 is 1.81 bits per heavy atom. The van der Waals surface area contributed by atoms with Gasteiger partial charge in [0.1, 0.15) is 0 Å². The molecular formula is C25H18O. The number of carbonyl (C=O) groups is 1. The quantitative estimate of drug-likeness (QED) is 0.646. The summed E-state index contributed by atoms with van der Waals surface area (Å²) in [6.45, 7) is 0. The first-order valence-corrected chi connectivity index (χ1v) is 9.69. The lowest BCUT2D eigenvalue weighted by Gasteiger charge is -2.40. The molecule has 0 radical (unpaired) electrons. The van der Waals surface area contributed by atoms with Gasteiger partial charge in [0.2, 0.25) is 0 Å². The van der Waals surface area contributed by atoms with E-state index in [4.69, 9.17) is 0 Å². The molecule has 0 saturated carbocycles.